The number of anilines is 1. The molecule has 0 saturated carbocycles. The Kier molecular flexibility index (Phi) is 3.84. The molecule has 0 radical (unpaired) electrons. The first kappa shape index (κ1) is 12.4. The summed E-state index contributed by atoms with van der Waals surface area (Å²) in [6.45, 7) is 0. The molecule has 1 aromatic carbocycles. The van der Waals surface area contributed by atoms with Crippen molar-refractivity contribution in [2.45, 2.75) is 0 Å². The lowest BCUT2D eigenvalue weighted by atomic mass is 10.2. The van der Waals surface area contributed by atoms with Crippen LogP contribution in [0.4, 0.5) is 10.5 Å². The number of nitrogens with zero attached hydrogens (tertiary/aromatic N) is 2. The van der Waals surface area contributed by atoms with Crippen LogP contribution in [0.25, 0.3) is 0 Å². The van der Waals surface area contributed by atoms with Crippen molar-refractivity contribution in [3.63, 3.8) is 0 Å². The Morgan fingerprint density at radius 2 is 1.69 bits per heavy atom. The van der Waals surface area contributed by atoms with Gasteiger partial charge in [0.15, 0.2) is 0 Å². The molecule has 1 aromatic rings. The highest BCUT2D eigenvalue weighted by atomic mass is 32.1. The van der Waals surface area contributed by atoms with E-state index in [0.29, 0.717) is 4.99 Å². The number of carbonyl (C=O) groups excluding carboxylic acids is 1. The van der Waals surface area contributed by atoms with Gasteiger partial charge in [0.05, 0.1) is 0 Å². The predicted octanol–water partition coefficient (Wildman–Crippen LogP) is 1.44. The highest BCUT2D eigenvalue weighted by Gasteiger charge is 2.12. The number of amides is 2. The summed E-state index contributed by atoms with van der Waals surface area (Å²) >= 11 is 4.85. The van der Waals surface area contributed by atoms with Crippen LogP contribution in [0.5, 0.6) is 0 Å². The first-order valence-corrected chi connectivity index (χ1v) is 5.19. The molecule has 1 rings (SSSR count). The van der Waals surface area contributed by atoms with E-state index in [1.807, 2.05) is 12.1 Å². The number of nitrogens with two attached hydrogens (primary N) is 1. The van der Waals surface area contributed by atoms with E-state index >= 15 is 0 Å². The van der Waals surface area contributed by atoms with Crippen LogP contribution in [0.3, 0.4) is 0 Å². The fourth-order valence-electron chi connectivity index (χ4n) is 1.26. The molecule has 2 amide bonds. The summed E-state index contributed by atoms with van der Waals surface area (Å²) < 4.78 is 0. The quantitative estimate of drug-likeness (QED) is 0.792. The summed E-state index contributed by atoms with van der Waals surface area (Å²) in [5, 5.41) is 0. The van der Waals surface area contributed by atoms with E-state index in [2.05, 4.69) is 0 Å². The number of urea groups is 1. The highest BCUT2D eigenvalue weighted by Crippen LogP contribution is 2.14. The molecule has 0 aromatic heterocycles. The zero-order chi connectivity index (χ0) is 12.3. The molecule has 0 atom stereocenters. The van der Waals surface area contributed by atoms with Crippen molar-refractivity contribution < 1.29 is 4.79 Å². The van der Waals surface area contributed by atoms with Crippen LogP contribution in [-0.4, -0.2) is 37.1 Å². The molecule has 0 saturated heterocycles. The lowest BCUT2D eigenvalue weighted by molar-refractivity contribution is 0.225. The van der Waals surface area contributed by atoms with Gasteiger partial charge in [-0.05, 0) is 24.3 Å². The Morgan fingerprint density at radius 1 is 1.19 bits per heavy atom. The van der Waals surface area contributed by atoms with Gasteiger partial charge >= 0.3 is 6.03 Å². The summed E-state index contributed by atoms with van der Waals surface area (Å²) in [5.74, 6) is 0. The lowest BCUT2D eigenvalue weighted by Crippen LogP contribution is -2.36. The first-order chi connectivity index (χ1) is 7.43. The van der Waals surface area contributed by atoms with Crippen LogP contribution in [-0.2, 0) is 0 Å². The molecule has 0 unspecified atom stereocenters. The van der Waals surface area contributed by atoms with Gasteiger partial charge < -0.3 is 10.6 Å². The standard InChI is InChI=1S/C11H15N3OS/c1-13(2)11(15)14(3)9-6-4-8(5-7-9)10(12)16/h4-7H,1-3H3,(H2,12,16). The number of carbonyl (C=O) groups is 1. The maximum atomic E-state index is 11.7. The summed E-state index contributed by atoms with van der Waals surface area (Å²) in [5.41, 5.74) is 7.09. The van der Waals surface area contributed by atoms with Crippen LogP contribution in [0.2, 0.25) is 0 Å². The molecule has 0 heterocycles. The van der Waals surface area contributed by atoms with Gasteiger partial charge in [-0.3, -0.25) is 4.90 Å². The van der Waals surface area contributed by atoms with E-state index in [9.17, 15) is 4.79 Å². The third-order valence-corrected chi connectivity index (χ3v) is 2.44. The third kappa shape index (κ3) is 2.70. The van der Waals surface area contributed by atoms with Crippen LogP contribution < -0.4 is 10.6 Å². The topological polar surface area (TPSA) is 49.6 Å². The number of thiocarbonyl (C=S) groups is 1. The molecule has 0 fully saturated rings. The minimum absolute atomic E-state index is 0.0805. The van der Waals surface area contributed by atoms with Crippen LogP contribution in [0.1, 0.15) is 5.56 Å². The van der Waals surface area contributed by atoms with Gasteiger partial charge in [-0.1, -0.05) is 12.2 Å². The van der Waals surface area contributed by atoms with Crippen LogP contribution >= 0.6 is 12.2 Å². The molecular formula is C11H15N3OS. The second kappa shape index (κ2) is 4.94. The van der Waals surface area contributed by atoms with E-state index < -0.39 is 0 Å². The van der Waals surface area contributed by atoms with E-state index in [1.54, 1.807) is 38.2 Å². The second-order valence-corrected chi connectivity index (χ2v) is 4.09. The van der Waals surface area contributed by atoms with Crippen molar-refractivity contribution in [1.82, 2.24) is 4.90 Å². The maximum Gasteiger partial charge on any atom is 0.323 e. The summed E-state index contributed by atoms with van der Waals surface area (Å²) in [6, 6.07) is 7.16. The zero-order valence-corrected chi connectivity index (χ0v) is 10.4. The predicted molar refractivity (Wildman–Crippen MR) is 69.8 cm³/mol. The van der Waals surface area contributed by atoms with Gasteiger partial charge in [0.2, 0.25) is 0 Å². The molecular weight excluding hydrogens is 222 g/mol. The fourth-order valence-corrected chi connectivity index (χ4v) is 1.40. The first-order valence-electron chi connectivity index (χ1n) is 4.78. The molecule has 0 aliphatic rings. The Morgan fingerprint density at radius 3 is 2.06 bits per heavy atom. The van der Waals surface area contributed by atoms with Crippen molar-refractivity contribution in [2.24, 2.45) is 5.73 Å². The van der Waals surface area contributed by atoms with Crippen molar-refractivity contribution >= 4 is 28.9 Å². The zero-order valence-electron chi connectivity index (χ0n) is 9.60. The van der Waals surface area contributed by atoms with Crippen molar-refractivity contribution in [1.29, 1.82) is 0 Å². The van der Waals surface area contributed by atoms with Gasteiger partial charge in [-0.2, -0.15) is 0 Å². The number of hydrogen-bond donors (Lipinski definition) is 1. The van der Waals surface area contributed by atoms with Crippen molar-refractivity contribution in [3.05, 3.63) is 29.8 Å². The lowest BCUT2D eigenvalue weighted by Gasteiger charge is -2.21. The Hall–Kier alpha value is -1.62. The minimum atomic E-state index is -0.0805. The molecule has 0 bridgehead atoms. The van der Waals surface area contributed by atoms with Crippen LogP contribution in [0.15, 0.2) is 24.3 Å². The van der Waals surface area contributed by atoms with E-state index in [0.717, 1.165) is 11.3 Å². The van der Waals surface area contributed by atoms with Gasteiger partial charge in [0.1, 0.15) is 4.99 Å². The van der Waals surface area contributed by atoms with Gasteiger partial charge in [-0.15, -0.1) is 0 Å². The van der Waals surface area contributed by atoms with Gasteiger partial charge in [0.25, 0.3) is 0 Å². The van der Waals surface area contributed by atoms with Gasteiger partial charge in [0, 0.05) is 32.4 Å². The number of benzene rings is 1. The largest absolute Gasteiger partial charge is 0.389 e. The molecule has 0 aliphatic heterocycles. The van der Waals surface area contributed by atoms with E-state index in [-0.39, 0.29) is 6.03 Å². The molecule has 0 spiro atoms. The van der Waals surface area contributed by atoms with Crippen molar-refractivity contribution in [2.75, 3.05) is 26.0 Å². The van der Waals surface area contributed by atoms with Crippen LogP contribution in [0, 0.1) is 0 Å². The van der Waals surface area contributed by atoms with Crippen molar-refractivity contribution in [3.8, 4) is 0 Å². The fraction of sp³-hybridized carbons (Fsp3) is 0.273. The summed E-state index contributed by atoms with van der Waals surface area (Å²) in [4.78, 5) is 15.1. The second-order valence-electron chi connectivity index (χ2n) is 3.65. The average molecular weight is 237 g/mol. The maximum absolute atomic E-state index is 11.7. The van der Waals surface area contributed by atoms with Gasteiger partial charge in [-0.25, -0.2) is 4.79 Å². The molecule has 86 valence electrons. The molecule has 16 heavy (non-hydrogen) atoms. The monoisotopic (exact) mass is 237 g/mol. The minimum Gasteiger partial charge on any atom is -0.389 e. The summed E-state index contributed by atoms with van der Waals surface area (Å²) in [6.07, 6.45) is 0. The molecule has 2 N–H and O–H groups in total. The molecule has 5 heteroatoms. The molecule has 4 nitrogen and oxygen atoms in total. The number of rotatable bonds is 2. The Balaban J connectivity index is 2.89. The smallest absolute Gasteiger partial charge is 0.323 e. The SMILES string of the molecule is CN(C)C(=O)N(C)c1ccc(C(N)=S)cc1. The third-order valence-electron chi connectivity index (χ3n) is 2.21. The normalized spacial score (nSPS) is 9.69. The Labute approximate surface area is 101 Å². The number of hydrogen-bond acceptors (Lipinski definition) is 2. The summed E-state index contributed by atoms with van der Waals surface area (Å²) in [7, 11) is 5.14. The van der Waals surface area contributed by atoms with E-state index in [4.69, 9.17) is 18.0 Å². The highest BCUT2D eigenvalue weighted by molar-refractivity contribution is 7.80. The average Bonchev–Trinajstić information content (AvgIpc) is 2.27. The Bertz CT molecular complexity index is 400. The van der Waals surface area contributed by atoms with E-state index in [1.165, 1.54) is 4.90 Å². The molecule has 0 aliphatic carbocycles.